The van der Waals surface area contributed by atoms with E-state index in [9.17, 15) is 9.18 Å². The lowest BCUT2D eigenvalue weighted by molar-refractivity contribution is 0.163. The highest BCUT2D eigenvalue weighted by Crippen LogP contribution is 2.29. The predicted molar refractivity (Wildman–Crippen MR) is 86.1 cm³/mol. The Hall–Kier alpha value is -1.62. The number of urea groups is 1. The van der Waals surface area contributed by atoms with Crippen LogP contribution in [0.2, 0.25) is 0 Å². The fraction of sp³-hybridized carbons (Fsp3) is 0.588. The van der Waals surface area contributed by atoms with Gasteiger partial charge in [-0.25, -0.2) is 9.18 Å². The minimum Gasteiger partial charge on any atom is -0.396 e. The Morgan fingerprint density at radius 3 is 2.50 bits per heavy atom. The van der Waals surface area contributed by atoms with Gasteiger partial charge in [0.25, 0.3) is 0 Å². The van der Waals surface area contributed by atoms with E-state index in [0.717, 1.165) is 18.4 Å². The van der Waals surface area contributed by atoms with Gasteiger partial charge in [-0.05, 0) is 48.8 Å². The molecule has 22 heavy (non-hydrogen) atoms. The largest absolute Gasteiger partial charge is 0.396 e. The molecule has 124 valence electrons. The number of carbonyl (C=O) groups is 1. The van der Waals surface area contributed by atoms with Gasteiger partial charge in [-0.2, -0.15) is 0 Å². The molecule has 0 saturated heterocycles. The first-order valence-electron chi connectivity index (χ1n) is 7.84. The molecule has 0 heterocycles. The third kappa shape index (κ3) is 5.30. The van der Waals surface area contributed by atoms with Gasteiger partial charge in [-0.1, -0.05) is 26.0 Å². The first-order valence-corrected chi connectivity index (χ1v) is 7.84. The molecule has 0 atom stereocenters. The van der Waals surface area contributed by atoms with E-state index in [2.05, 4.69) is 24.5 Å². The molecular formula is C17H27FN2O2. The summed E-state index contributed by atoms with van der Waals surface area (Å²) < 4.78 is 13.4. The number of benzene rings is 1. The molecule has 0 aliphatic rings. The van der Waals surface area contributed by atoms with Crippen LogP contribution in [0.5, 0.6) is 0 Å². The number of hydrogen-bond acceptors (Lipinski definition) is 2. The van der Waals surface area contributed by atoms with Crippen LogP contribution in [0.1, 0.15) is 44.2 Å². The van der Waals surface area contributed by atoms with Crippen LogP contribution in [-0.4, -0.2) is 24.3 Å². The summed E-state index contributed by atoms with van der Waals surface area (Å²) in [5, 5.41) is 14.7. The molecule has 0 aliphatic heterocycles. The van der Waals surface area contributed by atoms with Crippen LogP contribution in [0.4, 0.5) is 9.18 Å². The van der Waals surface area contributed by atoms with Crippen LogP contribution in [0.3, 0.4) is 0 Å². The van der Waals surface area contributed by atoms with Crippen LogP contribution >= 0.6 is 0 Å². The van der Waals surface area contributed by atoms with Crippen LogP contribution in [-0.2, 0) is 6.54 Å². The number of aryl methyl sites for hydroxylation is 1. The number of carbonyl (C=O) groups excluding carboxylic acids is 1. The van der Waals surface area contributed by atoms with E-state index >= 15 is 0 Å². The minimum absolute atomic E-state index is 0.0674. The molecule has 3 N–H and O–H groups in total. The highest BCUT2D eigenvalue weighted by molar-refractivity contribution is 5.73. The molecule has 1 aromatic carbocycles. The third-order valence-electron chi connectivity index (χ3n) is 4.46. The molecule has 0 fully saturated rings. The van der Waals surface area contributed by atoms with Crippen molar-refractivity contribution in [2.24, 2.45) is 5.41 Å². The number of amides is 2. The standard InChI is InChI=1S/C17H27FN2O2/c1-4-17(5-2,8-9-21)12-20-16(22)19-11-14-7-6-13(3)15(18)10-14/h6-7,10,21H,4-5,8-9,11-12H2,1-3H3,(H2,19,20,22). The molecule has 0 saturated carbocycles. The van der Waals surface area contributed by atoms with Crippen LogP contribution in [0.15, 0.2) is 18.2 Å². The number of aliphatic hydroxyl groups is 1. The zero-order valence-corrected chi connectivity index (χ0v) is 13.7. The maximum Gasteiger partial charge on any atom is 0.315 e. The molecule has 1 rings (SSSR count). The molecule has 0 unspecified atom stereocenters. The van der Waals surface area contributed by atoms with Gasteiger partial charge in [0.15, 0.2) is 0 Å². The summed E-state index contributed by atoms with van der Waals surface area (Å²) in [7, 11) is 0. The van der Waals surface area contributed by atoms with Crippen molar-refractivity contribution in [2.45, 2.75) is 46.6 Å². The molecule has 0 aliphatic carbocycles. The average molecular weight is 310 g/mol. The Morgan fingerprint density at radius 1 is 1.27 bits per heavy atom. The molecule has 0 bridgehead atoms. The molecule has 5 heteroatoms. The zero-order valence-electron chi connectivity index (χ0n) is 13.7. The van der Waals surface area contributed by atoms with Crippen LogP contribution in [0.25, 0.3) is 0 Å². The molecule has 0 spiro atoms. The first kappa shape index (κ1) is 18.4. The minimum atomic E-state index is -0.273. The third-order valence-corrected chi connectivity index (χ3v) is 4.46. The van der Waals surface area contributed by atoms with Crippen molar-refractivity contribution < 1.29 is 14.3 Å². The van der Waals surface area contributed by atoms with Crippen LogP contribution in [0, 0.1) is 18.2 Å². The Morgan fingerprint density at radius 2 is 1.95 bits per heavy atom. The second kappa shape index (κ2) is 8.73. The van der Waals surface area contributed by atoms with Gasteiger partial charge in [0.1, 0.15) is 5.82 Å². The van der Waals surface area contributed by atoms with Crippen molar-refractivity contribution in [1.29, 1.82) is 0 Å². The lowest BCUT2D eigenvalue weighted by Gasteiger charge is -2.31. The SMILES string of the molecule is CCC(CC)(CCO)CNC(=O)NCc1ccc(C)c(F)c1. The Balaban J connectivity index is 2.47. The van der Waals surface area contributed by atoms with Crippen molar-refractivity contribution in [3.05, 3.63) is 35.1 Å². The second-order valence-electron chi connectivity index (χ2n) is 5.80. The molecule has 4 nitrogen and oxygen atoms in total. The van der Waals surface area contributed by atoms with E-state index in [1.165, 1.54) is 6.07 Å². The maximum absolute atomic E-state index is 13.4. The van der Waals surface area contributed by atoms with Gasteiger partial charge in [-0.3, -0.25) is 0 Å². The number of hydrogen-bond donors (Lipinski definition) is 3. The van der Waals surface area contributed by atoms with E-state index in [1.54, 1.807) is 19.1 Å². The lowest BCUT2D eigenvalue weighted by Crippen LogP contribution is -2.42. The normalized spacial score (nSPS) is 11.3. The van der Waals surface area contributed by atoms with E-state index in [1.807, 2.05) is 0 Å². The topological polar surface area (TPSA) is 61.4 Å². The number of nitrogens with one attached hydrogen (secondary N) is 2. The summed E-state index contributed by atoms with van der Waals surface area (Å²) in [5.74, 6) is -0.265. The van der Waals surface area contributed by atoms with E-state index in [4.69, 9.17) is 5.11 Å². The predicted octanol–water partition coefficient (Wildman–Crippen LogP) is 3.12. The smallest absolute Gasteiger partial charge is 0.315 e. The van der Waals surface area contributed by atoms with E-state index < -0.39 is 0 Å². The van der Waals surface area contributed by atoms with Crippen LogP contribution < -0.4 is 10.6 Å². The summed E-state index contributed by atoms with van der Waals surface area (Å²) in [6.45, 7) is 6.76. The summed E-state index contributed by atoms with van der Waals surface area (Å²) in [6.07, 6.45) is 2.46. The fourth-order valence-corrected chi connectivity index (χ4v) is 2.44. The van der Waals surface area contributed by atoms with Gasteiger partial charge in [0.2, 0.25) is 0 Å². The zero-order chi connectivity index (χ0) is 16.6. The number of rotatable bonds is 8. The van der Waals surface area contributed by atoms with Gasteiger partial charge in [0.05, 0.1) is 0 Å². The van der Waals surface area contributed by atoms with Gasteiger partial charge >= 0.3 is 6.03 Å². The molecule has 1 aromatic rings. The molecule has 0 radical (unpaired) electrons. The van der Waals surface area contributed by atoms with E-state index in [0.29, 0.717) is 18.5 Å². The maximum atomic E-state index is 13.4. The van der Waals surface area contributed by atoms with E-state index in [-0.39, 0.29) is 30.4 Å². The summed E-state index contributed by atoms with van der Waals surface area (Å²) in [5.41, 5.74) is 1.25. The number of aliphatic hydroxyl groups excluding tert-OH is 1. The van der Waals surface area contributed by atoms with Crippen molar-refractivity contribution in [3.63, 3.8) is 0 Å². The summed E-state index contributed by atoms with van der Waals surface area (Å²) in [4.78, 5) is 11.9. The lowest BCUT2D eigenvalue weighted by atomic mass is 9.79. The first-order chi connectivity index (χ1) is 10.5. The van der Waals surface area contributed by atoms with Gasteiger partial charge in [-0.15, -0.1) is 0 Å². The fourth-order valence-electron chi connectivity index (χ4n) is 2.44. The second-order valence-corrected chi connectivity index (χ2v) is 5.80. The van der Waals surface area contributed by atoms with Gasteiger partial charge < -0.3 is 15.7 Å². The quantitative estimate of drug-likeness (QED) is 0.691. The Kier molecular flexibility index (Phi) is 7.32. The van der Waals surface area contributed by atoms with Crippen molar-refractivity contribution >= 4 is 6.03 Å². The highest BCUT2D eigenvalue weighted by Gasteiger charge is 2.25. The molecule has 2 amide bonds. The average Bonchev–Trinajstić information content (AvgIpc) is 2.52. The Bertz CT molecular complexity index is 488. The van der Waals surface area contributed by atoms with Gasteiger partial charge in [0, 0.05) is 19.7 Å². The molecular weight excluding hydrogens is 283 g/mol. The summed E-state index contributed by atoms with van der Waals surface area (Å²) in [6, 6.07) is 4.66. The van der Waals surface area contributed by atoms with Crippen molar-refractivity contribution in [1.82, 2.24) is 10.6 Å². The highest BCUT2D eigenvalue weighted by atomic mass is 19.1. The van der Waals surface area contributed by atoms with Crippen molar-refractivity contribution in [2.75, 3.05) is 13.2 Å². The number of halogens is 1. The summed E-state index contributed by atoms with van der Waals surface area (Å²) >= 11 is 0. The molecule has 0 aromatic heterocycles. The van der Waals surface area contributed by atoms with Crippen molar-refractivity contribution in [3.8, 4) is 0 Å². The Labute approximate surface area is 132 Å². The monoisotopic (exact) mass is 310 g/mol.